The molecule has 240 valence electrons. The van der Waals surface area contributed by atoms with Crippen molar-refractivity contribution in [1.82, 2.24) is 9.97 Å². The minimum absolute atomic E-state index is 0.567. The molecule has 0 radical (unpaired) electrons. The van der Waals surface area contributed by atoms with Gasteiger partial charge in [-0.2, -0.15) is 0 Å². The molecule has 1 atom stereocenters. The van der Waals surface area contributed by atoms with E-state index in [1.54, 1.807) is 0 Å². The van der Waals surface area contributed by atoms with Crippen LogP contribution in [0.3, 0.4) is 0 Å². The Hall–Kier alpha value is -6.38. The van der Waals surface area contributed by atoms with Gasteiger partial charge in [-0.3, -0.25) is 9.97 Å². The summed E-state index contributed by atoms with van der Waals surface area (Å²) in [5, 5.41) is 8.61. The van der Waals surface area contributed by atoms with Crippen LogP contribution in [0.15, 0.2) is 164 Å². The van der Waals surface area contributed by atoms with E-state index < -0.39 is 0 Å². The van der Waals surface area contributed by atoms with E-state index in [-0.39, 0.29) is 0 Å². The molecular weight excluding hydrogens is 617 g/mol. The highest BCUT2D eigenvalue weighted by Gasteiger charge is 2.19. The van der Waals surface area contributed by atoms with E-state index in [1.807, 2.05) is 30.6 Å². The second-order valence-corrected chi connectivity index (χ2v) is 13.9. The van der Waals surface area contributed by atoms with Crippen molar-refractivity contribution in [2.24, 2.45) is 5.92 Å². The van der Waals surface area contributed by atoms with Crippen molar-refractivity contribution in [3.8, 4) is 44.6 Å². The SMILES string of the molecule is C[C@H]1C=Cc2cc(-c3c4ccccc4c(-c4ccc5ccccc5c4)c4cc(-c5ccc(-c6cnc7ccccc7c6)nc5)ccc34)ccc2C1. The summed E-state index contributed by atoms with van der Waals surface area (Å²) in [5.41, 5.74) is 12.9. The van der Waals surface area contributed by atoms with Crippen LogP contribution in [0.5, 0.6) is 0 Å². The number of hydrogen-bond donors (Lipinski definition) is 0. The molecule has 51 heavy (non-hydrogen) atoms. The molecule has 0 unspecified atom stereocenters. The van der Waals surface area contributed by atoms with Gasteiger partial charge in [0.2, 0.25) is 0 Å². The van der Waals surface area contributed by atoms with E-state index in [0.29, 0.717) is 5.92 Å². The first kappa shape index (κ1) is 29.5. The van der Waals surface area contributed by atoms with Gasteiger partial charge in [0.25, 0.3) is 0 Å². The number of pyridine rings is 2. The molecule has 0 spiro atoms. The van der Waals surface area contributed by atoms with Crippen LogP contribution in [0, 0.1) is 5.92 Å². The van der Waals surface area contributed by atoms with E-state index in [1.165, 1.54) is 65.7 Å². The molecule has 2 heteroatoms. The van der Waals surface area contributed by atoms with Crippen molar-refractivity contribution in [3.05, 3.63) is 175 Å². The fourth-order valence-corrected chi connectivity index (χ4v) is 8.05. The summed E-state index contributed by atoms with van der Waals surface area (Å²) in [5.74, 6) is 0.567. The van der Waals surface area contributed by atoms with Crippen LogP contribution in [0.25, 0.3) is 93.9 Å². The number of allylic oxidation sites excluding steroid dienone is 1. The molecule has 0 fully saturated rings. The average Bonchev–Trinajstić information content (AvgIpc) is 3.19. The van der Waals surface area contributed by atoms with Crippen LogP contribution in [0.4, 0.5) is 0 Å². The molecule has 0 N–H and O–H groups in total. The number of para-hydroxylation sites is 1. The van der Waals surface area contributed by atoms with Crippen LogP contribution in [0.2, 0.25) is 0 Å². The van der Waals surface area contributed by atoms with Crippen molar-refractivity contribution >= 4 is 49.3 Å². The summed E-state index contributed by atoms with van der Waals surface area (Å²) >= 11 is 0. The molecule has 10 rings (SSSR count). The standard InChI is InChI=1S/C49H34N2/c1-31-14-15-35-26-38(19-17-34(35)24-31)48-42-11-5-6-12-43(42)49(39-18-16-32-8-2-3-9-33(32)25-39)45-28-36(20-22-44(45)48)40-21-23-47(50-29-40)41-27-37-10-4-7-13-46(37)51-30-41/h2-23,25-31H,24H2,1H3/t31-/m0/s1. The van der Waals surface area contributed by atoms with Crippen molar-refractivity contribution in [1.29, 1.82) is 0 Å². The third-order valence-corrected chi connectivity index (χ3v) is 10.6. The lowest BCUT2D eigenvalue weighted by Gasteiger charge is -2.21. The van der Waals surface area contributed by atoms with Crippen LogP contribution in [0.1, 0.15) is 18.1 Å². The minimum Gasteiger partial charge on any atom is -0.256 e. The molecule has 0 bridgehead atoms. The summed E-state index contributed by atoms with van der Waals surface area (Å²) in [6.45, 7) is 2.29. The van der Waals surface area contributed by atoms with Crippen molar-refractivity contribution in [2.45, 2.75) is 13.3 Å². The maximum atomic E-state index is 4.94. The number of rotatable bonds is 4. The number of fused-ring (bicyclic) bond motifs is 5. The van der Waals surface area contributed by atoms with Gasteiger partial charge in [0.1, 0.15) is 0 Å². The molecule has 9 aromatic rings. The summed E-state index contributed by atoms with van der Waals surface area (Å²) in [6.07, 6.45) is 9.65. The Balaban J connectivity index is 1.19. The third-order valence-electron chi connectivity index (χ3n) is 10.6. The van der Waals surface area contributed by atoms with Gasteiger partial charge in [0.05, 0.1) is 11.2 Å². The zero-order valence-corrected chi connectivity index (χ0v) is 28.3. The van der Waals surface area contributed by atoms with E-state index >= 15 is 0 Å². The molecule has 0 amide bonds. The summed E-state index contributed by atoms with van der Waals surface area (Å²) in [4.78, 5) is 9.61. The van der Waals surface area contributed by atoms with Crippen molar-refractivity contribution in [2.75, 3.05) is 0 Å². The molecular formula is C49H34N2. The smallest absolute Gasteiger partial charge is 0.0718 e. The zero-order valence-electron chi connectivity index (χ0n) is 28.3. The maximum absolute atomic E-state index is 4.94. The van der Waals surface area contributed by atoms with Crippen molar-refractivity contribution < 1.29 is 0 Å². The average molecular weight is 651 g/mol. The molecule has 1 aliphatic carbocycles. The van der Waals surface area contributed by atoms with E-state index in [9.17, 15) is 0 Å². The van der Waals surface area contributed by atoms with Gasteiger partial charge in [0.15, 0.2) is 0 Å². The van der Waals surface area contributed by atoms with Crippen LogP contribution in [-0.2, 0) is 6.42 Å². The molecule has 2 heterocycles. The molecule has 0 saturated heterocycles. The molecule has 0 aliphatic heterocycles. The Kier molecular flexibility index (Phi) is 6.89. The number of benzene rings is 7. The topological polar surface area (TPSA) is 25.8 Å². The quantitative estimate of drug-likeness (QED) is 0.177. The van der Waals surface area contributed by atoms with Crippen LogP contribution >= 0.6 is 0 Å². The second-order valence-electron chi connectivity index (χ2n) is 13.9. The fourth-order valence-electron chi connectivity index (χ4n) is 8.05. The highest BCUT2D eigenvalue weighted by molar-refractivity contribution is 6.22. The largest absolute Gasteiger partial charge is 0.256 e. The number of hydrogen-bond acceptors (Lipinski definition) is 2. The van der Waals surface area contributed by atoms with Gasteiger partial charge in [-0.25, -0.2) is 0 Å². The first-order valence-electron chi connectivity index (χ1n) is 17.8. The van der Waals surface area contributed by atoms with Gasteiger partial charge in [0, 0.05) is 28.9 Å². The lowest BCUT2D eigenvalue weighted by Crippen LogP contribution is -2.03. The lowest BCUT2D eigenvalue weighted by atomic mass is 9.83. The maximum Gasteiger partial charge on any atom is 0.0718 e. The summed E-state index contributed by atoms with van der Waals surface area (Å²) < 4.78 is 0. The molecule has 2 nitrogen and oxygen atoms in total. The Morgan fingerprint density at radius 2 is 1.12 bits per heavy atom. The zero-order chi connectivity index (χ0) is 33.9. The predicted octanol–water partition coefficient (Wildman–Crippen LogP) is 13.0. The summed E-state index contributed by atoms with van der Waals surface area (Å²) in [7, 11) is 0. The first-order valence-corrected chi connectivity index (χ1v) is 17.8. The normalized spacial score (nSPS) is 14.0. The molecule has 1 aliphatic rings. The van der Waals surface area contributed by atoms with Crippen LogP contribution in [-0.4, -0.2) is 9.97 Å². The van der Waals surface area contributed by atoms with E-state index in [2.05, 4.69) is 151 Å². The fraction of sp³-hybridized carbons (Fsp3) is 0.0612. The minimum atomic E-state index is 0.567. The van der Waals surface area contributed by atoms with Gasteiger partial charge in [-0.05, 0) is 120 Å². The first-order chi connectivity index (χ1) is 25.2. The predicted molar refractivity (Wildman–Crippen MR) is 216 cm³/mol. The Labute approximate surface area is 297 Å². The second kappa shape index (κ2) is 11.9. The Morgan fingerprint density at radius 1 is 0.471 bits per heavy atom. The molecule has 2 aromatic heterocycles. The lowest BCUT2D eigenvalue weighted by molar-refractivity contribution is 0.717. The van der Waals surface area contributed by atoms with Gasteiger partial charge < -0.3 is 0 Å². The third kappa shape index (κ3) is 5.11. The molecule has 7 aromatic carbocycles. The summed E-state index contributed by atoms with van der Waals surface area (Å²) in [6, 6.07) is 53.2. The van der Waals surface area contributed by atoms with E-state index in [0.717, 1.165) is 39.7 Å². The van der Waals surface area contributed by atoms with Crippen LogP contribution < -0.4 is 0 Å². The Morgan fingerprint density at radius 3 is 1.96 bits per heavy atom. The highest BCUT2D eigenvalue weighted by Crippen LogP contribution is 2.46. The molecule has 0 saturated carbocycles. The highest BCUT2D eigenvalue weighted by atomic mass is 14.7. The van der Waals surface area contributed by atoms with Gasteiger partial charge in [-0.15, -0.1) is 0 Å². The van der Waals surface area contributed by atoms with Gasteiger partial charge >= 0.3 is 0 Å². The van der Waals surface area contributed by atoms with Gasteiger partial charge in [-0.1, -0.05) is 128 Å². The monoisotopic (exact) mass is 650 g/mol. The van der Waals surface area contributed by atoms with Crippen molar-refractivity contribution in [3.63, 3.8) is 0 Å². The van der Waals surface area contributed by atoms with E-state index in [4.69, 9.17) is 4.98 Å². The number of nitrogens with zero attached hydrogens (tertiary/aromatic N) is 2. The Bertz CT molecular complexity index is 2840. The number of aromatic nitrogens is 2.